The Labute approximate surface area is 108 Å². The summed E-state index contributed by atoms with van der Waals surface area (Å²) in [6.45, 7) is 2.88. The van der Waals surface area contributed by atoms with E-state index in [2.05, 4.69) is 4.74 Å². The SMILES string of the molecule is CCOC(=O)C(C)(O)c1cc(F)c(Cl)cc1Cl. The number of hydrogen-bond acceptors (Lipinski definition) is 3. The fourth-order valence-electron chi connectivity index (χ4n) is 1.28. The van der Waals surface area contributed by atoms with Crippen LogP contribution in [-0.2, 0) is 15.1 Å². The van der Waals surface area contributed by atoms with Gasteiger partial charge in [0, 0.05) is 10.6 Å². The molecule has 94 valence electrons. The first-order chi connectivity index (χ1) is 7.80. The smallest absolute Gasteiger partial charge is 0.342 e. The van der Waals surface area contributed by atoms with Crippen molar-refractivity contribution in [3.05, 3.63) is 33.6 Å². The molecule has 3 nitrogen and oxygen atoms in total. The van der Waals surface area contributed by atoms with Gasteiger partial charge in [-0.25, -0.2) is 9.18 Å². The second-order valence-corrected chi connectivity index (χ2v) is 4.35. The number of esters is 1. The summed E-state index contributed by atoms with van der Waals surface area (Å²) in [4.78, 5) is 11.5. The zero-order valence-corrected chi connectivity index (χ0v) is 10.8. The predicted octanol–water partition coefficient (Wildman–Crippen LogP) is 2.90. The van der Waals surface area contributed by atoms with Crippen molar-refractivity contribution in [3.63, 3.8) is 0 Å². The molecule has 1 atom stereocenters. The minimum atomic E-state index is -2.02. The molecule has 1 rings (SSSR count). The van der Waals surface area contributed by atoms with Gasteiger partial charge in [0.25, 0.3) is 0 Å². The van der Waals surface area contributed by atoms with E-state index in [4.69, 9.17) is 23.2 Å². The summed E-state index contributed by atoms with van der Waals surface area (Å²) in [7, 11) is 0. The van der Waals surface area contributed by atoms with Crippen LogP contribution in [-0.4, -0.2) is 17.7 Å². The van der Waals surface area contributed by atoms with Crippen molar-refractivity contribution in [2.45, 2.75) is 19.4 Å². The highest BCUT2D eigenvalue weighted by Gasteiger charge is 2.36. The van der Waals surface area contributed by atoms with E-state index in [-0.39, 0.29) is 22.2 Å². The van der Waals surface area contributed by atoms with Gasteiger partial charge < -0.3 is 9.84 Å². The Morgan fingerprint density at radius 3 is 2.59 bits per heavy atom. The number of hydrogen-bond donors (Lipinski definition) is 1. The summed E-state index contributed by atoms with van der Waals surface area (Å²) in [5.41, 5.74) is -2.10. The quantitative estimate of drug-likeness (QED) is 0.684. The van der Waals surface area contributed by atoms with Crippen molar-refractivity contribution < 1.29 is 19.0 Å². The van der Waals surface area contributed by atoms with Crippen molar-refractivity contribution in [1.82, 2.24) is 0 Å². The van der Waals surface area contributed by atoms with Crippen LogP contribution in [0, 0.1) is 5.82 Å². The van der Waals surface area contributed by atoms with Crippen LogP contribution < -0.4 is 0 Å². The third-order valence-corrected chi connectivity index (χ3v) is 2.81. The lowest BCUT2D eigenvalue weighted by Gasteiger charge is -2.22. The van der Waals surface area contributed by atoms with Crippen LogP contribution in [0.5, 0.6) is 0 Å². The molecular formula is C11H11Cl2FO3. The van der Waals surface area contributed by atoms with Gasteiger partial charge in [0.05, 0.1) is 11.6 Å². The highest BCUT2D eigenvalue weighted by Crippen LogP contribution is 2.32. The molecule has 17 heavy (non-hydrogen) atoms. The van der Waals surface area contributed by atoms with E-state index in [0.717, 1.165) is 12.1 Å². The zero-order valence-electron chi connectivity index (χ0n) is 9.26. The molecule has 0 aromatic heterocycles. The molecule has 0 saturated heterocycles. The van der Waals surface area contributed by atoms with E-state index in [1.54, 1.807) is 6.92 Å². The third-order valence-electron chi connectivity index (χ3n) is 2.21. The van der Waals surface area contributed by atoms with Crippen LogP contribution in [0.15, 0.2) is 12.1 Å². The fraction of sp³-hybridized carbons (Fsp3) is 0.364. The van der Waals surface area contributed by atoms with Crippen molar-refractivity contribution in [1.29, 1.82) is 0 Å². The van der Waals surface area contributed by atoms with E-state index >= 15 is 0 Å². The average molecular weight is 281 g/mol. The highest BCUT2D eigenvalue weighted by atomic mass is 35.5. The minimum absolute atomic E-state index is 0.00514. The standard InChI is InChI=1S/C11H11Cl2FO3/c1-3-17-10(15)11(2,16)6-4-9(14)8(13)5-7(6)12/h4-5,16H,3H2,1-2H3. The number of benzene rings is 1. The number of ether oxygens (including phenoxy) is 1. The summed E-state index contributed by atoms with van der Waals surface area (Å²) in [6.07, 6.45) is 0. The van der Waals surface area contributed by atoms with Gasteiger partial charge in [0.15, 0.2) is 5.60 Å². The average Bonchev–Trinajstić information content (AvgIpc) is 2.23. The van der Waals surface area contributed by atoms with Gasteiger partial charge in [-0.2, -0.15) is 0 Å². The fourth-order valence-corrected chi connectivity index (χ4v) is 1.84. The molecule has 1 aromatic carbocycles. The lowest BCUT2D eigenvalue weighted by Crippen LogP contribution is -2.34. The Balaban J connectivity index is 3.23. The van der Waals surface area contributed by atoms with Crippen LogP contribution in [0.25, 0.3) is 0 Å². The van der Waals surface area contributed by atoms with Crippen molar-refractivity contribution in [3.8, 4) is 0 Å². The maximum absolute atomic E-state index is 13.3. The van der Waals surface area contributed by atoms with E-state index in [1.165, 1.54) is 6.92 Å². The molecule has 1 N–H and O–H groups in total. The molecule has 0 radical (unpaired) electrons. The summed E-state index contributed by atoms with van der Waals surface area (Å²) >= 11 is 11.3. The van der Waals surface area contributed by atoms with Crippen molar-refractivity contribution in [2.75, 3.05) is 6.61 Å². The maximum Gasteiger partial charge on any atom is 0.342 e. The van der Waals surface area contributed by atoms with Crippen molar-refractivity contribution >= 4 is 29.2 Å². The molecule has 0 bridgehead atoms. The van der Waals surface area contributed by atoms with Crippen LogP contribution in [0.3, 0.4) is 0 Å². The molecule has 6 heteroatoms. The summed E-state index contributed by atoms with van der Waals surface area (Å²) in [5, 5.41) is 9.83. The molecule has 0 amide bonds. The highest BCUT2D eigenvalue weighted by molar-refractivity contribution is 6.35. The molecule has 0 aliphatic heterocycles. The Kier molecular flexibility index (Phi) is 4.36. The van der Waals surface area contributed by atoms with Crippen molar-refractivity contribution in [2.24, 2.45) is 0 Å². The predicted molar refractivity (Wildman–Crippen MR) is 62.6 cm³/mol. The lowest BCUT2D eigenvalue weighted by atomic mass is 9.96. The normalized spacial score (nSPS) is 14.2. The first kappa shape index (κ1) is 14.2. The largest absolute Gasteiger partial charge is 0.464 e. The van der Waals surface area contributed by atoms with Gasteiger partial charge in [-0.3, -0.25) is 0 Å². The lowest BCUT2D eigenvalue weighted by molar-refractivity contribution is -0.164. The van der Waals surface area contributed by atoms with Crippen LogP contribution in [0.4, 0.5) is 4.39 Å². The number of carbonyl (C=O) groups is 1. The van der Waals surface area contributed by atoms with Gasteiger partial charge in [0.2, 0.25) is 0 Å². The number of halogens is 3. The second-order valence-electron chi connectivity index (χ2n) is 3.54. The summed E-state index contributed by atoms with van der Waals surface area (Å²) in [5.74, 6) is -1.67. The van der Waals surface area contributed by atoms with Gasteiger partial charge in [-0.05, 0) is 26.0 Å². The molecule has 0 spiro atoms. The van der Waals surface area contributed by atoms with Gasteiger partial charge in [-0.1, -0.05) is 23.2 Å². The number of aliphatic hydroxyl groups is 1. The van der Waals surface area contributed by atoms with Gasteiger partial charge >= 0.3 is 5.97 Å². The monoisotopic (exact) mass is 280 g/mol. The molecule has 0 aliphatic carbocycles. The maximum atomic E-state index is 13.3. The van der Waals surface area contributed by atoms with E-state index in [1.807, 2.05) is 0 Å². The van der Waals surface area contributed by atoms with Gasteiger partial charge in [-0.15, -0.1) is 0 Å². The molecule has 0 saturated carbocycles. The zero-order chi connectivity index (χ0) is 13.2. The molecule has 1 aromatic rings. The second kappa shape index (κ2) is 5.21. The Morgan fingerprint density at radius 2 is 2.06 bits per heavy atom. The summed E-state index contributed by atoms with van der Waals surface area (Å²) in [6, 6.07) is 2.04. The topological polar surface area (TPSA) is 46.5 Å². The summed E-state index contributed by atoms with van der Waals surface area (Å²) < 4.78 is 18.0. The van der Waals surface area contributed by atoms with E-state index < -0.39 is 17.4 Å². The first-order valence-corrected chi connectivity index (χ1v) is 5.61. The molecular weight excluding hydrogens is 270 g/mol. The Bertz CT molecular complexity index is 447. The number of rotatable bonds is 3. The minimum Gasteiger partial charge on any atom is -0.464 e. The van der Waals surface area contributed by atoms with E-state index in [9.17, 15) is 14.3 Å². The van der Waals surface area contributed by atoms with Crippen LogP contribution in [0.2, 0.25) is 10.0 Å². The van der Waals surface area contributed by atoms with E-state index in [0.29, 0.717) is 0 Å². The Hall–Kier alpha value is -0.840. The molecule has 0 fully saturated rings. The molecule has 0 aliphatic rings. The number of carbonyl (C=O) groups excluding carboxylic acids is 1. The third kappa shape index (κ3) is 2.89. The van der Waals surface area contributed by atoms with Crippen LogP contribution in [0.1, 0.15) is 19.4 Å². The van der Waals surface area contributed by atoms with Gasteiger partial charge in [0.1, 0.15) is 5.82 Å². The Morgan fingerprint density at radius 1 is 1.47 bits per heavy atom. The first-order valence-electron chi connectivity index (χ1n) is 4.85. The molecule has 0 heterocycles. The molecule has 1 unspecified atom stereocenters. The van der Waals surface area contributed by atoms with Crippen LogP contribution >= 0.6 is 23.2 Å².